The highest BCUT2D eigenvalue weighted by molar-refractivity contribution is 5.85. The van der Waals surface area contributed by atoms with Gasteiger partial charge >= 0.3 is 5.97 Å². The van der Waals surface area contributed by atoms with Gasteiger partial charge in [0, 0.05) is 0 Å². The number of hydrogen-bond acceptors (Lipinski definition) is 3. The highest BCUT2D eigenvalue weighted by Crippen LogP contribution is 2.74. The van der Waals surface area contributed by atoms with Crippen molar-refractivity contribution in [3.8, 4) is 0 Å². The van der Waals surface area contributed by atoms with E-state index < -0.39 is 0 Å². The monoisotopic (exact) mass is 219 g/mol. The molecule has 0 spiro atoms. The number of carbonyl (C=O) groups excluding carboxylic acids is 1. The van der Waals surface area contributed by atoms with E-state index in [4.69, 9.17) is 10.5 Å². The first-order chi connectivity index (χ1) is 6.01. The van der Waals surface area contributed by atoms with Crippen LogP contribution in [0.1, 0.15) is 33.1 Å². The van der Waals surface area contributed by atoms with Crippen molar-refractivity contribution in [2.45, 2.75) is 39.2 Å². The van der Waals surface area contributed by atoms with Crippen molar-refractivity contribution in [2.24, 2.45) is 16.6 Å². The normalized spacial score (nSPS) is 39.9. The number of esters is 1. The van der Waals surface area contributed by atoms with E-state index in [0.29, 0.717) is 12.0 Å². The summed E-state index contributed by atoms with van der Waals surface area (Å²) >= 11 is 0. The molecule has 3 fully saturated rings. The fraction of sp³-hybridized carbons (Fsp3) is 0.900. The highest BCUT2D eigenvalue weighted by atomic mass is 35.5. The van der Waals surface area contributed by atoms with Gasteiger partial charge in [-0.05, 0) is 37.0 Å². The van der Waals surface area contributed by atoms with Crippen LogP contribution in [0.25, 0.3) is 0 Å². The van der Waals surface area contributed by atoms with Crippen LogP contribution in [0, 0.1) is 10.8 Å². The molecule has 0 radical (unpaired) electrons. The Morgan fingerprint density at radius 2 is 2.00 bits per heavy atom. The zero-order valence-corrected chi connectivity index (χ0v) is 9.52. The standard InChI is InChI=1S/C10H17NO2.ClH/c1-3-13-8(12)7(11)10-4-9(2,5-10)6-10;/h7H,3-6,11H2,1-2H3;1H/t7-,9?,10?;/m0./s1. The molecule has 2 bridgehead atoms. The van der Waals surface area contributed by atoms with Gasteiger partial charge in [-0.3, -0.25) is 4.79 Å². The van der Waals surface area contributed by atoms with Crippen LogP contribution in [-0.4, -0.2) is 18.6 Å². The molecule has 0 saturated heterocycles. The summed E-state index contributed by atoms with van der Waals surface area (Å²) in [6.45, 7) is 4.50. The molecule has 3 aliphatic carbocycles. The Hall–Kier alpha value is -0.280. The summed E-state index contributed by atoms with van der Waals surface area (Å²) in [6, 6.07) is -0.380. The van der Waals surface area contributed by atoms with Crippen molar-refractivity contribution in [2.75, 3.05) is 6.61 Å². The van der Waals surface area contributed by atoms with Gasteiger partial charge in [-0.15, -0.1) is 12.4 Å². The lowest BCUT2D eigenvalue weighted by atomic mass is 9.34. The predicted molar refractivity (Wildman–Crippen MR) is 56.2 cm³/mol. The van der Waals surface area contributed by atoms with Crippen LogP contribution < -0.4 is 5.73 Å². The first-order valence-electron chi connectivity index (χ1n) is 4.94. The molecule has 0 amide bonds. The summed E-state index contributed by atoms with van der Waals surface area (Å²) in [4.78, 5) is 11.4. The molecule has 0 aliphatic heterocycles. The predicted octanol–water partition coefficient (Wildman–Crippen LogP) is 1.49. The number of halogens is 1. The van der Waals surface area contributed by atoms with E-state index in [9.17, 15) is 4.79 Å². The molecule has 0 aromatic carbocycles. The van der Waals surface area contributed by atoms with Gasteiger partial charge in [0.1, 0.15) is 6.04 Å². The van der Waals surface area contributed by atoms with Crippen molar-refractivity contribution >= 4 is 18.4 Å². The molecule has 14 heavy (non-hydrogen) atoms. The van der Waals surface area contributed by atoms with Crippen LogP contribution in [0.4, 0.5) is 0 Å². The Morgan fingerprint density at radius 1 is 1.50 bits per heavy atom. The van der Waals surface area contributed by atoms with E-state index >= 15 is 0 Å². The number of nitrogens with two attached hydrogens (primary N) is 1. The minimum Gasteiger partial charge on any atom is -0.465 e. The maximum Gasteiger partial charge on any atom is 0.323 e. The van der Waals surface area contributed by atoms with Crippen molar-refractivity contribution in [1.82, 2.24) is 0 Å². The lowest BCUT2D eigenvalue weighted by Crippen LogP contribution is -2.69. The fourth-order valence-corrected chi connectivity index (χ4v) is 3.21. The van der Waals surface area contributed by atoms with Crippen LogP contribution in [0.5, 0.6) is 0 Å². The molecule has 82 valence electrons. The number of ether oxygens (including phenoxy) is 1. The second kappa shape index (κ2) is 3.38. The van der Waals surface area contributed by atoms with Crippen molar-refractivity contribution < 1.29 is 9.53 Å². The molecule has 3 aliphatic rings. The summed E-state index contributed by atoms with van der Waals surface area (Å²) in [5.41, 5.74) is 6.48. The van der Waals surface area contributed by atoms with Crippen molar-refractivity contribution in [1.29, 1.82) is 0 Å². The molecular weight excluding hydrogens is 202 g/mol. The van der Waals surface area contributed by atoms with E-state index in [-0.39, 0.29) is 29.8 Å². The lowest BCUT2D eigenvalue weighted by molar-refractivity contribution is -0.212. The summed E-state index contributed by atoms with van der Waals surface area (Å²) in [5.74, 6) is -0.218. The quantitative estimate of drug-likeness (QED) is 0.732. The van der Waals surface area contributed by atoms with Crippen LogP contribution in [0.2, 0.25) is 0 Å². The first kappa shape index (κ1) is 11.8. The van der Waals surface area contributed by atoms with Gasteiger partial charge in [-0.25, -0.2) is 0 Å². The van der Waals surface area contributed by atoms with Gasteiger partial charge < -0.3 is 10.5 Å². The van der Waals surface area contributed by atoms with E-state index in [1.807, 2.05) is 6.92 Å². The fourth-order valence-electron chi connectivity index (χ4n) is 3.21. The summed E-state index contributed by atoms with van der Waals surface area (Å²) in [5, 5.41) is 0. The number of carbonyl (C=O) groups is 1. The van der Waals surface area contributed by atoms with Gasteiger partial charge in [0.05, 0.1) is 6.61 Å². The third-order valence-electron chi connectivity index (χ3n) is 3.54. The second-order valence-electron chi connectivity index (χ2n) is 4.93. The van der Waals surface area contributed by atoms with Crippen LogP contribution in [-0.2, 0) is 9.53 Å². The van der Waals surface area contributed by atoms with E-state index in [2.05, 4.69) is 6.92 Å². The molecule has 0 unspecified atom stereocenters. The van der Waals surface area contributed by atoms with E-state index in [1.165, 1.54) is 0 Å². The minimum atomic E-state index is -0.380. The molecule has 3 nitrogen and oxygen atoms in total. The summed E-state index contributed by atoms with van der Waals surface area (Å²) in [7, 11) is 0. The molecule has 2 N–H and O–H groups in total. The Labute approximate surface area is 90.8 Å². The van der Waals surface area contributed by atoms with Gasteiger partial charge in [0.25, 0.3) is 0 Å². The van der Waals surface area contributed by atoms with Crippen LogP contribution >= 0.6 is 12.4 Å². The number of hydrogen-bond donors (Lipinski definition) is 1. The third-order valence-corrected chi connectivity index (χ3v) is 3.54. The number of rotatable bonds is 3. The molecule has 3 saturated carbocycles. The van der Waals surface area contributed by atoms with Crippen molar-refractivity contribution in [3.05, 3.63) is 0 Å². The van der Waals surface area contributed by atoms with Crippen molar-refractivity contribution in [3.63, 3.8) is 0 Å². The topological polar surface area (TPSA) is 52.3 Å². The summed E-state index contributed by atoms with van der Waals surface area (Å²) < 4.78 is 4.92. The van der Waals surface area contributed by atoms with Gasteiger partial charge in [-0.2, -0.15) is 0 Å². The van der Waals surface area contributed by atoms with Crippen LogP contribution in [0.15, 0.2) is 0 Å². The van der Waals surface area contributed by atoms with Gasteiger partial charge in [0.2, 0.25) is 0 Å². The smallest absolute Gasteiger partial charge is 0.323 e. The summed E-state index contributed by atoms with van der Waals surface area (Å²) in [6.07, 6.45) is 3.33. The van der Waals surface area contributed by atoms with Crippen LogP contribution in [0.3, 0.4) is 0 Å². The second-order valence-corrected chi connectivity index (χ2v) is 4.93. The maximum absolute atomic E-state index is 11.4. The largest absolute Gasteiger partial charge is 0.465 e. The highest BCUT2D eigenvalue weighted by Gasteiger charge is 2.68. The first-order valence-corrected chi connectivity index (χ1v) is 4.94. The SMILES string of the molecule is CCOC(=O)[C@H](N)C12CC(C)(C1)C2.Cl. The third kappa shape index (κ3) is 1.43. The molecule has 0 aromatic heterocycles. The molecule has 3 rings (SSSR count). The Bertz CT molecular complexity index is 235. The average Bonchev–Trinajstić information content (AvgIpc) is 1.96. The lowest BCUT2D eigenvalue weighted by Gasteiger charge is -2.71. The Balaban J connectivity index is 0.000000980. The zero-order chi connectivity index (χ0) is 9.69. The molecular formula is C10H18ClNO2. The van der Waals surface area contributed by atoms with Gasteiger partial charge in [0.15, 0.2) is 0 Å². The maximum atomic E-state index is 11.4. The Morgan fingerprint density at radius 3 is 2.36 bits per heavy atom. The van der Waals surface area contributed by atoms with E-state index in [0.717, 1.165) is 19.3 Å². The zero-order valence-electron chi connectivity index (χ0n) is 8.71. The molecule has 0 aromatic rings. The van der Waals surface area contributed by atoms with E-state index in [1.54, 1.807) is 0 Å². The Kier molecular flexibility index (Phi) is 2.85. The van der Waals surface area contributed by atoms with Gasteiger partial charge in [-0.1, -0.05) is 6.92 Å². The molecule has 4 heteroatoms. The molecule has 1 atom stereocenters. The average molecular weight is 220 g/mol. The molecule has 0 heterocycles. The minimum absolute atomic E-state index is 0.